The maximum atomic E-state index is 12.2. The van der Waals surface area contributed by atoms with E-state index in [0.29, 0.717) is 18.9 Å². The van der Waals surface area contributed by atoms with Crippen LogP contribution in [-0.4, -0.2) is 32.6 Å². The maximum absolute atomic E-state index is 12.2. The molecular weight excluding hydrogens is 315 g/mol. The van der Waals surface area contributed by atoms with Gasteiger partial charge in [0.05, 0.1) is 11.9 Å². The molecule has 0 bridgehead atoms. The van der Waals surface area contributed by atoms with Crippen molar-refractivity contribution in [2.75, 3.05) is 11.9 Å². The van der Waals surface area contributed by atoms with Crippen LogP contribution in [0.4, 0.5) is 18.9 Å². The minimum absolute atomic E-state index is 0.139. The summed E-state index contributed by atoms with van der Waals surface area (Å²) in [6.45, 7) is -1.19. The Morgan fingerprint density at radius 3 is 2.81 bits per heavy atom. The summed E-state index contributed by atoms with van der Waals surface area (Å²) in [5, 5.41) is 9.24. The van der Waals surface area contributed by atoms with Gasteiger partial charge in [-0.25, -0.2) is 4.68 Å². The third-order valence-electron chi connectivity index (χ3n) is 2.38. The molecule has 2 rings (SSSR count). The molecule has 0 atom stereocenters. The Kier molecular flexibility index (Phi) is 4.46. The Hall–Kier alpha value is -2.10. The first-order chi connectivity index (χ1) is 9.87. The first-order valence-electron chi connectivity index (χ1n) is 5.68. The first-order valence-corrected chi connectivity index (χ1v) is 6.06. The molecule has 114 valence electrons. The van der Waals surface area contributed by atoms with Gasteiger partial charge in [-0.3, -0.25) is 4.79 Å². The Bertz CT molecular complexity index is 656. The van der Waals surface area contributed by atoms with Crippen LogP contribution in [0.5, 0.6) is 0 Å². The number of anilines is 1. The molecule has 0 amide bonds. The molecule has 0 radical (unpaired) electrons. The van der Waals surface area contributed by atoms with Crippen LogP contribution in [0.3, 0.4) is 0 Å². The summed E-state index contributed by atoms with van der Waals surface area (Å²) >= 11 is 5.73. The van der Waals surface area contributed by atoms with Crippen molar-refractivity contribution in [1.29, 1.82) is 0 Å². The average Bonchev–Trinajstić information content (AvgIpc) is 2.89. The lowest BCUT2D eigenvalue weighted by molar-refractivity contribution is -0.143. The summed E-state index contributed by atoms with van der Waals surface area (Å²) in [6.07, 6.45) is -1.89. The standard InChI is InChI=1S/C10H9ClF3N5O2/c11-8-6(15-2-1-7-16-5-18-21-7)3-17-19(9(8)20)4-10(12,13)14/h3,5,15H,1-2,4H2. The second-order valence-corrected chi connectivity index (χ2v) is 4.34. The van der Waals surface area contributed by atoms with E-state index in [0.717, 1.165) is 6.20 Å². The van der Waals surface area contributed by atoms with Crippen molar-refractivity contribution in [3.05, 3.63) is 33.8 Å². The highest BCUT2D eigenvalue weighted by atomic mass is 35.5. The van der Waals surface area contributed by atoms with Crippen molar-refractivity contribution in [3.63, 3.8) is 0 Å². The molecule has 0 saturated carbocycles. The Balaban J connectivity index is 2.04. The highest BCUT2D eigenvalue weighted by molar-refractivity contribution is 6.32. The molecule has 0 saturated heterocycles. The van der Waals surface area contributed by atoms with Gasteiger partial charge in [0.15, 0.2) is 6.33 Å². The van der Waals surface area contributed by atoms with E-state index < -0.39 is 18.3 Å². The monoisotopic (exact) mass is 323 g/mol. The summed E-state index contributed by atoms with van der Waals surface area (Å²) in [5.41, 5.74) is -0.878. The Labute approximate surface area is 120 Å². The zero-order chi connectivity index (χ0) is 15.5. The van der Waals surface area contributed by atoms with E-state index in [4.69, 9.17) is 16.1 Å². The fourth-order valence-corrected chi connectivity index (χ4v) is 1.69. The Morgan fingerprint density at radius 2 is 2.19 bits per heavy atom. The third-order valence-corrected chi connectivity index (χ3v) is 2.74. The van der Waals surface area contributed by atoms with Crippen molar-refractivity contribution < 1.29 is 17.7 Å². The molecule has 1 N–H and O–H groups in total. The number of aromatic nitrogens is 4. The highest BCUT2D eigenvalue weighted by Gasteiger charge is 2.29. The van der Waals surface area contributed by atoms with E-state index in [1.54, 1.807) is 0 Å². The fraction of sp³-hybridized carbons (Fsp3) is 0.400. The molecule has 7 nitrogen and oxygen atoms in total. The van der Waals surface area contributed by atoms with Crippen LogP contribution in [0.25, 0.3) is 0 Å². The molecule has 2 aromatic rings. The van der Waals surface area contributed by atoms with Gasteiger partial charge in [-0.1, -0.05) is 16.8 Å². The van der Waals surface area contributed by atoms with E-state index in [-0.39, 0.29) is 15.4 Å². The second-order valence-electron chi connectivity index (χ2n) is 3.96. The van der Waals surface area contributed by atoms with Crippen LogP contribution >= 0.6 is 11.6 Å². The van der Waals surface area contributed by atoms with Gasteiger partial charge in [0.25, 0.3) is 5.56 Å². The Morgan fingerprint density at radius 1 is 1.43 bits per heavy atom. The smallest absolute Gasteiger partial charge is 0.382 e. The average molecular weight is 324 g/mol. The van der Waals surface area contributed by atoms with Gasteiger partial charge in [-0.2, -0.15) is 23.3 Å². The van der Waals surface area contributed by atoms with Crippen LogP contribution in [0.15, 0.2) is 21.8 Å². The van der Waals surface area contributed by atoms with Crippen molar-refractivity contribution >= 4 is 17.3 Å². The first kappa shape index (κ1) is 15.3. The molecule has 0 unspecified atom stereocenters. The van der Waals surface area contributed by atoms with Gasteiger partial charge in [0.1, 0.15) is 11.6 Å². The number of nitrogens with one attached hydrogen (secondary N) is 1. The molecule has 0 aliphatic heterocycles. The minimum atomic E-state index is -4.55. The SMILES string of the molecule is O=c1c(Cl)c(NCCc2ncno2)cnn1CC(F)(F)F. The zero-order valence-electron chi connectivity index (χ0n) is 10.4. The summed E-state index contributed by atoms with van der Waals surface area (Å²) in [5.74, 6) is 0.372. The minimum Gasteiger partial charge on any atom is -0.382 e. The summed E-state index contributed by atoms with van der Waals surface area (Å²) in [7, 11) is 0. The highest BCUT2D eigenvalue weighted by Crippen LogP contribution is 2.19. The van der Waals surface area contributed by atoms with E-state index in [1.165, 1.54) is 6.33 Å². The quantitative estimate of drug-likeness (QED) is 0.897. The molecular formula is C10H9ClF3N5O2. The molecule has 2 aromatic heterocycles. The number of hydrogen-bond acceptors (Lipinski definition) is 6. The predicted molar refractivity (Wildman–Crippen MR) is 66.1 cm³/mol. The van der Waals surface area contributed by atoms with Gasteiger partial charge in [-0.05, 0) is 0 Å². The molecule has 0 aliphatic rings. The van der Waals surface area contributed by atoms with E-state index in [1.807, 2.05) is 0 Å². The van der Waals surface area contributed by atoms with Crippen molar-refractivity contribution in [1.82, 2.24) is 19.9 Å². The maximum Gasteiger partial charge on any atom is 0.408 e. The van der Waals surface area contributed by atoms with Crippen molar-refractivity contribution in [2.45, 2.75) is 19.1 Å². The van der Waals surface area contributed by atoms with Gasteiger partial charge >= 0.3 is 6.18 Å². The number of nitrogens with zero attached hydrogens (tertiary/aromatic N) is 4. The topological polar surface area (TPSA) is 85.8 Å². The lowest BCUT2D eigenvalue weighted by Crippen LogP contribution is -2.31. The molecule has 21 heavy (non-hydrogen) atoms. The zero-order valence-corrected chi connectivity index (χ0v) is 11.1. The fourth-order valence-electron chi connectivity index (χ4n) is 1.48. The van der Waals surface area contributed by atoms with Crippen LogP contribution in [0.2, 0.25) is 5.02 Å². The van der Waals surface area contributed by atoms with E-state index >= 15 is 0 Å². The van der Waals surface area contributed by atoms with Gasteiger partial charge < -0.3 is 9.84 Å². The second kappa shape index (κ2) is 6.12. The molecule has 0 fully saturated rings. The normalized spacial score (nSPS) is 11.6. The number of hydrogen-bond donors (Lipinski definition) is 1. The summed E-state index contributed by atoms with van der Waals surface area (Å²) in [4.78, 5) is 15.4. The molecule has 0 aliphatic carbocycles. The lowest BCUT2D eigenvalue weighted by Gasteiger charge is -2.11. The number of halogens is 4. The largest absolute Gasteiger partial charge is 0.408 e. The molecule has 0 aromatic carbocycles. The molecule has 11 heteroatoms. The third kappa shape index (κ3) is 4.18. The molecule has 0 spiro atoms. The number of alkyl halides is 3. The van der Waals surface area contributed by atoms with Crippen LogP contribution in [-0.2, 0) is 13.0 Å². The number of rotatable bonds is 5. The van der Waals surface area contributed by atoms with Gasteiger partial charge in [0.2, 0.25) is 5.89 Å². The summed E-state index contributed by atoms with van der Waals surface area (Å²) < 4.78 is 41.7. The lowest BCUT2D eigenvalue weighted by atomic mass is 10.4. The van der Waals surface area contributed by atoms with Gasteiger partial charge in [-0.15, -0.1) is 0 Å². The van der Waals surface area contributed by atoms with Gasteiger partial charge in [0, 0.05) is 13.0 Å². The van der Waals surface area contributed by atoms with Crippen molar-refractivity contribution in [3.8, 4) is 0 Å². The van der Waals surface area contributed by atoms with Crippen LogP contribution in [0, 0.1) is 0 Å². The molecule has 2 heterocycles. The van der Waals surface area contributed by atoms with Crippen molar-refractivity contribution in [2.24, 2.45) is 0 Å². The van der Waals surface area contributed by atoms with Crippen LogP contribution < -0.4 is 10.9 Å². The van der Waals surface area contributed by atoms with E-state index in [9.17, 15) is 18.0 Å². The van der Waals surface area contributed by atoms with Crippen LogP contribution in [0.1, 0.15) is 5.89 Å². The predicted octanol–water partition coefficient (Wildman–Crippen LogP) is 1.50. The van der Waals surface area contributed by atoms with E-state index in [2.05, 4.69) is 20.6 Å². The summed E-state index contributed by atoms with van der Waals surface area (Å²) in [6, 6.07) is 0.